The summed E-state index contributed by atoms with van der Waals surface area (Å²) in [6.45, 7) is 4.74. The number of aliphatic hydroxyl groups is 1. The minimum atomic E-state index is -1.02. The van der Waals surface area contributed by atoms with Crippen molar-refractivity contribution < 1.29 is 19.7 Å². The second kappa shape index (κ2) is 4.54. The summed E-state index contributed by atoms with van der Waals surface area (Å²) in [4.78, 5) is 10.4. The monoisotopic (exact) mass is 201 g/mol. The SMILES string of the molecule is C=C(CNCC1(O)CCOC1)C(=O)O. The molecule has 0 bridgehead atoms. The number of carboxylic acid groups (broad SMARTS) is 1. The van der Waals surface area contributed by atoms with E-state index in [0.29, 0.717) is 26.2 Å². The van der Waals surface area contributed by atoms with Crippen LogP contribution in [0, 0.1) is 0 Å². The lowest BCUT2D eigenvalue weighted by Gasteiger charge is -2.20. The number of rotatable bonds is 5. The number of carboxylic acids is 1. The molecule has 1 heterocycles. The third kappa shape index (κ3) is 3.10. The highest BCUT2D eigenvalue weighted by atomic mass is 16.5. The van der Waals surface area contributed by atoms with Crippen LogP contribution in [0.25, 0.3) is 0 Å². The second-order valence-corrected chi connectivity index (χ2v) is 3.54. The van der Waals surface area contributed by atoms with Crippen LogP contribution in [0.2, 0.25) is 0 Å². The van der Waals surface area contributed by atoms with E-state index < -0.39 is 11.6 Å². The average Bonchev–Trinajstić information content (AvgIpc) is 2.52. The number of ether oxygens (including phenoxy) is 1. The predicted molar refractivity (Wildman–Crippen MR) is 50.0 cm³/mol. The molecule has 0 aromatic heterocycles. The maximum Gasteiger partial charge on any atom is 0.332 e. The van der Waals surface area contributed by atoms with Gasteiger partial charge in [0, 0.05) is 31.7 Å². The van der Waals surface area contributed by atoms with E-state index in [0.717, 1.165) is 0 Å². The standard InChI is InChI=1S/C9H15NO4/c1-7(8(11)12)4-10-5-9(13)2-3-14-6-9/h10,13H,1-6H2,(H,11,12). The highest BCUT2D eigenvalue weighted by Crippen LogP contribution is 2.16. The molecule has 0 saturated carbocycles. The number of aliphatic carboxylic acids is 1. The van der Waals surface area contributed by atoms with Gasteiger partial charge in [0.2, 0.25) is 0 Å². The molecule has 1 atom stereocenters. The summed E-state index contributed by atoms with van der Waals surface area (Å²) in [7, 11) is 0. The molecule has 1 saturated heterocycles. The summed E-state index contributed by atoms with van der Waals surface area (Å²) in [5.41, 5.74) is -0.758. The number of nitrogens with one attached hydrogen (secondary N) is 1. The molecule has 1 aliphatic heterocycles. The molecule has 14 heavy (non-hydrogen) atoms. The zero-order valence-corrected chi connectivity index (χ0v) is 7.95. The fraction of sp³-hybridized carbons (Fsp3) is 0.667. The maximum absolute atomic E-state index is 10.4. The molecule has 0 aromatic carbocycles. The summed E-state index contributed by atoms with van der Waals surface area (Å²) in [5, 5.41) is 21.1. The molecular weight excluding hydrogens is 186 g/mol. The van der Waals surface area contributed by atoms with Crippen LogP contribution in [0.3, 0.4) is 0 Å². The molecule has 0 spiro atoms. The topological polar surface area (TPSA) is 78.8 Å². The van der Waals surface area contributed by atoms with Gasteiger partial charge in [-0.3, -0.25) is 0 Å². The van der Waals surface area contributed by atoms with Crippen LogP contribution in [0.15, 0.2) is 12.2 Å². The molecule has 1 aliphatic rings. The lowest BCUT2D eigenvalue weighted by atomic mass is 10.0. The summed E-state index contributed by atoms with van der Waals surface area (Å²) < 4.78 is 5.04. The Labute approximate surface area is 82.4 Å². The summed E-state index contributed by atoms with van der Waals surface area (Å²) >= 11 is 0. The third-order valence-corrected chi connectivity index (χ3v) is 2.18. The summed E-state index contributed by atoms with van der Waals surface area (Å²) in [6.07, 6.45) is 0.583. The van der Waals surface area contributed by atoms with E-state index >= 15 is 0 Å². The first-order valence-electron chi connectivity index (χ1n) is 4.45. The van der Waals surface area contributed by atoms with E-state index in [1.54, 1.807) is 0 Å². The predicted octanol–water partition coefficient (Wildman–Crippen LogP) is -0.632. The summed E-state index contributed by atoms with van der Waals surface area (Å²) in [5.74, 6) is -1.02. The lowest BCUT2D eigenvalue weighted by Crippen LogP contribution is -2.41. The molecule has 5 heteroatoms. The molecule has 1 rings (SSSR count). The summed E-state index contributed by atoms with van der Waals surface area (Å²) in [6, 6.07) is 0. The highest BCUT2D eigenvalue weighted by molar-refractivity contribution is 5.86. The first kappa shape index (κ1) is 11.2. The van der Waals surface area contributed by atoms with E-state index in [1.165, 1.54) is 0 Å². The number of hydrogen-bond donors (Lipinski definition) is 3. The number of carbonyl (C=O) groups is 1. The van der Waals surface area contributed by atoms with Gasteiger partial charge in [-0.05, 0) is 0 Å². The highest BCUT2D eigenvalue weighted by Gasteiger charge is 2.31. The van der Waals surface area contributed by atoms with Crippen molar-refractivity contribution in [1.82, 2.24) is 5.32 Å². The van der Waals surface area contributed by atoms with E-state index in [2.05, 4.69) is 11.9 Å². The smallest absolute Gasteiger partial charge is 0.332 e. The van der Waals surface area contributed by atoms with Crippen LogP contribution in [0.5, 0.6) is 0 Å². The molecule has 5 nitrogen and oxygen atoms in total. The van der Waals surface area contributed by atoms with Gasteiger partial charge in [0.15, 0.2) is 0 Å². The Morgan fingerprint density at radius 1 is 1.64 bits per heavy atom. The van der Waals surface area contributed by atoms with Crippen LogP contribution in [-0.2, 0) is 9.53 Å². The van der Waals surface area contributed by atoms with Crippen molar-refractivity contribution in [2.45, 2.75) is 12.0 Å². The van der Waals surface area contributed by atoms with Gasteiger partial charge in [-0.2, -0.15) is 0 Å². The van der Waals surface area contributed by atoms with Crippen molar-refractivity contribution in [2.75, 3.05) is 26.3 Å². The quantitative estimate of drug-likeness (QED) is 0.516. The van der Waals surface area contributed by atoms with Gasteiger partial charge in [-0.1, -0.05) is 6.58 Å². The van der Waals surface area contributed by atoms with Crippen molar-refractivity contribution in [3.05, 3.63) is 12.2 Å². The fourth-order valence-corrected chi connectivity index (χ4v) is 1.26. The molecule has 80 valence electrons. The van der Waals surface area contributed by atoms with Crippen molar-refractivity contribution in [3.63, 3.8) is 0 Å². The van der Waals surface area contributed by atoms with E-state index in [4.69, 9.17) is 9.84 Å². The van der Waals surface area contributed by atoms with Crippen LogP contribution >= 0.6 is 0 Å². The second-order valence-electron chi connectivity index (χ2n) is 3.54. The number of hydrogen-bond acceptors (Lipinski definition) is 4. The van der Waals surface area contributed by atoms with Gasteiger partial charge in [-0.25, -0.2) is 4.79 Å². The van der Waals surface area contributed by atoms with Gasteiger partial charge in [0.05, 0.1) is 6.61 Å². The molecule has 0 aromatic rings. The van der Waals surface area contributed by atoms with Crippen molar-refractivity contribution in [1.29, 1.82) is 0 Å². The zero-order valence-electron chi connectivity index (χ0n) is 7.95. The molecule has 0 aliphatic carbocycles. The zero-order chi connectivity index (χ0) is 10.6. The Morgan fingerprint density at radius 3 is 2.86 bits per heavy atom. The minimum absolute atomic E-state index is 0.0903. The van der Waals surface area contributed by atoms with Crippen LogP contribution in [0.1, 0.15) is 6.42 Å². The Balaban J connectivity index is 2.20. The normalized spacial score (nSPS) is 26.4. The van der Waals surface area contributed by atoms with Gasteiger partial charge < -0.3 is 20.3 Å². The molecule has 0 radical (unpaired) electrons. The van der Waals surface area contributed by atoms with E-state index in [1.807, 2.05) is 0 Å². The van der Waals surface area contributed by atoms with E-state index in [-0.39, 0.29) is 12.1 Å². The molecule has 3 N–H and O–H groups in total. The molecular formula is C9H15NO4. The Kier molecular flexibility index (Phi) is 3.62. The van der Waals surface area contributed by atoms with Gasteiger partial charge in [-0.15, -0.1) is 0 Å². The fourth-order valence-electron chi connectivity index (χ4n) is 1.26. The van der Waals surface area contributed by atoms with Crippen LogP contribution in [-0.4, -0.2) is 48.1 Å². The van der Waals surface area contributed by atoms with Crippen molar-refractivity contribution in [2.24, 2.45) is 0 Å². The lowest BCUT2D eigenvalue weighted by molar-refractivity contribution is -0.132. The van der Waals surface area contributed by atoms with E-state index in [9.17, 15) is 9.90 Å². The molecule has 1 unspecified atom stereocenters. The first-order chi connectivity index (χ1) is 6.53. The third-order valence-electron chi connectivity index (χ3n) is 2.18. The Bertz CT molecular complexity index is 233. The minimum Gasteiger partial charge on any atom is -0.478 e. The Morgan fingerprint density at radius 2 is 2.36 bits per heavy atom. The maximum atomic E-state index is 10.4. The van der Waals surface area contributed by atoms with Crippen LogP contribution in [0.4, 0.5) is 0 Å². The van der Waals surface area contributed by atoms with Gasteiger partial charge in [0.25, 0.3) is 0 Å². The molecule has 1 fully saturated rings. The average molecular weight is 201 g/mol. The molecule has 0 amide bonds. The van der Waals surface area contributed by atoms with Gasteiger partial charge >= 0.3 is 5.97 Å². The van der Waals surface area contributed by atoms with Crippen molar-refractivity contribution >= 4 is 5.97 Å². The van der Waals surface area contributed by atoms with Gasteiger partial charge in [0.1, 0.15) is 5.60 Å². The van der Waals surface area contributed by atoms with Crippen molar-refractivity contribution in [3.8, 4) is 0 Å². The largest absolute Gasteiger partial charge is 0.478 e. The first-order valence-corrected chi connectivity index (χ1v) is 4.45. The van der Waals surface area contributed by atoms with Crippen LogP contribution < -0.4 is 5.32 Å². The Hall–Kier alpha value is -0.910.